The lowest BCUT2D eigenvalue weighted by atomic mass is 9.95. The number of aliphatic hydroxyl groups excluding tert-OH is 1. The molecule has 4 aromatic rings. The zero-order chi connectivity index (χ0) is 29.1. The Balaban J connectivity index is 1.30. The average Bonchev–Trinajstić information content (AvgIpc) is 3.84. The molecule has 4 atom stereocenters. The van der Waals surface area contributed by atoms with E-state index < -0.39 is 12.1 Å². The molecule has 2 aromatic carbocycles. The first-order chi connectivity index (χ1) is 20.5. The Hall–Kier alpha value is -3.79. The molecular formula is C33H37N5O3S. The summed E-state index contributed by atoms with van der Waals surface area (Å²) in [6.45, 7) is 3.48. The normalized spacial score (nSPS) is 20.0. The predicted octanol–water partition coefficient (Wildman–Crippen LogP) is 4.67. The second kappa shape index (κ2) is 12.6. The number of benzene rings is 2. The zero-order valence-electron chi connectivity index (χ0n) is 23.8. The van der Waals surface area contributed by atoms with Gasteiger partial charge in [-0.15, -0.1) is 11.3 Å². The predicted molar refractivity (Wildman–Crippen MR) is 164 cm³/mol. The molecule has 2 amide bonds. The topological polar surface area (TPSA) is 99.5 Å². The summed E-state index contributed by atoms with van der Waals surface area (Å²) in [5.74, 6) is -0.422. The molecule has 0 bridgehead atoms. The van der Waals surface area contributed by atoms with Crippen LogP contribution in [0.2, 0.25) is 0 Å². The van der Waals surface area contributed by atoms with Gasteiger partial charge in [0.1, 0.15) is 5.01 Å². The Labute approximate surface area is 250 Å². The molecule has 0 spiro atoms. The van der Waals surface area contributed by atoms with Crippen LogP contribution in [0.15, 0.2) is 78.4 Å². The quantitative estimate of drug-likeness (QED) is 0.266. The number of aryl methyl sites for hydroxylation is 1. The summed E-state index contributed by atoms with van der Waals surface area (Å²) < 4.78 is 1.90. The number of carbonyl (C=O) groups is 2. The lowest BCUT2D eigenvalue weighted by molar-refractivity contribution is 0.0733. The Morgan fingerprint density at radius 2 is 1.86 bits per heavy atom. The van der Waals surface area contributed by atoms with Gasteiger partial charge in [-0.1, -0.05) is 30.3 Å². The van der Waals surface area contributed by atoms with Crippen molar-refractivity contribution in [2.45, 2.75) is 63.3 Å². The number of aliphatic hydroxyl groups is 1. The van der Waals surface area contributed by atoms with Crippen LogP contribution >= 0.6 is 11.3 Å². The third-order valence-corrected chi connectivity index (χ3v) is 9.37. The zero-order valence-corrected chi connectivity index (χ0v) is 24.6. The SMILES string of the molecule is Cc1csc([C@H]2CCCN2C(=O)c2cc(C(=O)N[C@@H](Cc3ccccc3)[C@@H](O)[C@H]3CCCN3)cc(-n3cccc3)c2)n1. The van der Waals surface area contributed by atoms with Crippen molar-refractivity contribution in [1.82, 2.24) is 25.1 Å². The van der Waals surface area contributed by atoms with E-state index in [-0.39, 0.29) is 23.9 Å². The molecular weight excluding hydrogens is 546 g/mol. The van der Waals surface area contributed by atoms with E-state index in [9.17, 15) is 14.7 Å². The van der Waals surface area contributed by atoms with Gasteiger partial charge < -0.3 is 25.2 Å². The fourth-order valence-corrected chi connectivity index (χ4v) is 7.08. The molecule has 0 saturated carbocycles. The van der Waals surface area contributed by atoms with E-state index in [4.69, 9.17) is 0 Å². The Morgan fingerprint density at radius 3 is 2.57 bits per heavy atom. The van der Waals surface area contributed by atoms with Crippen molar-refractivity contribution in [2.75, 3.05) is 13.1 Å². The van der Waals surface area contributed by atoms with E-state index in [1.165, 1.54) is 0 Å². The Morgan fingerprint density at radius 1 is 1.07 bits per heavy atom. The van der Waals surface area contributed by atoms with Gasteiger partial charge in [-0.25, -0.2) is 4.98 Å². The fourth-order valence-electron chi connectivity index (χ4n) is 6.14. The number of hydrogen-bond donors (Lipinski definition) is 3. The Kier molecular flexibility index (Phi) is 8.51. The smallest absolute Gasteiger partial charge is 0.254 e. The van der Waals surface area contributed by atoms with Crippen molar-refractivity contribution in [3.8, 4) is 5.69 Å². The fraction of sp³-hybridized carbons (Fsp3) is 0.364. The van der Waals surface area contributed by atoms with Gasteiger partial charge in [0.05, 0.1) is 18.2 Å². The van der Waals surface area contributed by atoms with E-state index in [0.29, 0.717) is 24.1 Å². The van der Waals surface area contributed by atoms with Crippen LogP contribution < -0.4 is 10.6 Å². The molecule has 218 valence electrons. The van der Waals surface area contributed by atoms with Crippen molar-refractivity contribution in [2.24, 2.45) is 0 Å². The molecule has 42 heavy (non-hydrogen) atoms. The molecule has 9 heteroatoms. The number of rotatable bonds is 9. The number of nitrogens with one attached hydrogen (secondary N) is 2. The standard InChI is InChI=1S/C33H37N5O3S/c1-22-21-42-32(35-22)29-12-8-16-38(29)33(41)25-18-24(19-26(20-25)37-14-5-6-15-37)31(40)36-28(17-23-9-3-2-4-10-23)30(39)27-11-7-13-34-27/h2-6,9-10,14-15,18-21,27-30,34,39H,7-8,11-13,16-17H2,1H3,(H,36,40)/t27-,28+,29-,30+/m1/s1. The van der Waals surface area contributed by atoms with Crippen molar-refractivity contribution < 1.29 is 14.7 Å². The lowest BCUT2D eigenvalue weighted by Crippen LogP contribution is -2.52. The molecule has 0 radical (unpaired) electrons. The first-order valence-electron chi connectivity index (χ1n) is 14.7. The molecule has 3 N–H and O–H groups in total. The minimum Gasteiger partial charge on any atom is -0.389 e. The summed E-state index contributed by atoms with van der Waals surface area (Å²) in [7, 11) is 0. The Bertz CT molecular complexity index is 1510. The molecule has 2 aliphatic heterocycles. The highest BCUT2D eigenvalue weighted by Crippen LogP contribution is 2.35. The van der Waals surface area contributed by atoms with Crippen LogP contribution in [0.4, 0.5) is 0 Å². The minimum atomic E-state index is -0.752. The molecule has 2 aliphatic rings. The van der Waals surface area contributed by atoms with Crippen molar-refractivity contribution in [3.63, 3.8) is 0 Å². The first kappa shape index (κ1) is 28.3. The maximum absolute atomic E-state index is 14.0. The number of nitrogens with zero attached hydrogens (tertiary/aromatic N) is 3. The third-order valence-electron chi connectivity index (χ3n) is 8.30. The van der Waals surface area contributed by atoms with E-state index in [0.717, 1.165) is 54.2 Å². The largest absolute Gasteiger partial charge is 0.389 e. The second-order valence-electron chi connectivity index (χ2n) is 11.3. The minimum absolute atomic E-state index is 0.0620. The summed E-state index contributed by atoms with van der Waals surface area (Å²) in [6, 6.07) is 18.4. The second-order valence-corrected chi connectivity index (χ2v) is 12.2. The van der Waals surface area contributed by atoms with Crippen LogP contribution in [0.3, 0.4) is 0 Å². The van der Waals surface area contributed by atoms with Crippen LogP contribution in [0, 0.1) is 6.92 Å². The monoisotopic (exact) mass is 583 g/mol. The molecule has 8 nitrogen and oxygen atoms in total. The number of thiazole rings is 1. The van der Waals surface area contributed by atoms with Crippen LogP contribution in [-0.2, 0) is 6.42 Å². The summed E-state index contributed by atoms with van der Waals surface area (Å²) in [6.07, 6.45) is 7.18. The summed E-state index contributed by atoms with van der Waals surface area (Å²) in [5.41, 5.74) is 3.57. The summed E-state index contributed by atoms with van der Waals surface area (Å²) >= 11 is 1.59. The van der Waals surface area contributed by atoms with Gasteiger partial charge in [0.25, 0.3) is 11.8 Å². The number of hydrogen-bond acceptors (Lipinski definition) is 6. The van der Waals surface area contributed by atoms with Gasteiger partial charge in [0, 0.05) is 52.9 Å². The van der Waals surface area contributed by atoms with Crippen LogP contribution in [0.5, 0.6) is 0 Å². The van der Waals surface area contributed by atoms with Crippen molar-refractivity contribution in [1.29, 1.82) is 0 Å². The van der Waals surface area contributed by atoms with Crippen LogP contribution in [0.25, 0.3) is 5.69 Å². The highest BCUT2D eigenvalue weighted by atomic mass is 32.1. The van der Waals surface area contributed by atoms with Gasteiger partial charge in [-0.3, -0.25) is 9.59 Å². The number of carbonyl (C=O) groups excluding carboxylic acids is 2. The molecule has 2 saturated heterocycles. The van der Waals surface area contributed by atoms with Crippen molar-refractivity contribution in [3.05, 3.63) is 106 Å². The molecule has 2 fully saturated rings. The molecule has 0 unspecified atom stereocenters. The number of aromatic nitrogens is 2. The average molecular weight is 584 g/mol. The van der Waals surface area contributed by atoms with Gasteiger partial charge in [0.2, 0.25) is 0 Å². The van der Waals surface area contributed by atoms with E-state index in [2.05, 4.69) is 15.6 Å². The molecule has 0 aliphatic carbocycles. The third kappa shape index (κ3) is 6.18. The summed E-state index contributed by atoms with van der Waals surface area (Å²) in [5, 5.41) is 20.8. The van der Waals surface area contributed by atoms with Gasteiger partial charge in [0.15, 0.2) is 0 Å². The van der Waals surface area contributed by atoms with E-state index >= 15 is 0 Å². The van der Waals surface area contributed by atoms with Gasteiger partial charge in [-0.2, -0.15) is 0 Å². The highest BCUT2D eigenvalue weighted by molar-refractivity contribution is 7.09. The molecule has 6 rings (SSSR count). The molecule has 4 heterocycles. The van der Waals surface area contributed by atoms with Gasteiger partial charge >= 0.3 is 0 Å². The molecule has 2 aromatic heterocycles. The van der Waals surface area contributed by atoms with E-state index in [1.807, 2.05) is 82.7 Å². The maximum Gasteiger partial charge on any atom is 0.254 e. The number of amides is 2. The van der Waals surface area contributed by atoms with Crippen LogP contribution in [-0.4, -0.2) is 62.6 Å². The number of likely N-dealkylation sites (tertiary alicyclic amines) is 1. The van der Waals surface area contributed by atoms with E-state index in [1.54, 1.807) is 23.5 Å². The summed E-state index contributed by atoms with van der Waals surface area (Å²) in [4.78, 5) is 34.4. The van der Waals surface area contributed by atoms with Crippen LogP contribution in [0.1, 0.15) is 68.7 Å². The maximum atomic E-state index is 14.0. The highest BCUT2D eigenvalue weighted by Gasteiger charge is 2.34. The van der Waals surface area contributed by atoms with Gasteiger partial charge in [-0.05, 0) is 81.5 Å². The first-order valence-corrected chi connectivity index (χ1v) is 15.6. The lowest BCUT2D eigenvalue weighted by Gasteiger charge is -2.29. The van der Waals surface area contributed by atoms with Crippen molar-refractivity contribution >= 4 is 23.2 Å².